The van der Waals surface area contributed by atoms with E-state index < -0.39 is 18.4 Å². The van der Waals surface area contributed by atoms with Gasteiger partial charge in [0.1, 0.15) is 0 Å². The Morgan fingerprint density at radius 2 is 1.32 bits per heavy atom. The van der Waals surface area contributed by atoms with E-state index in [4.69, 9.17) is 8.61 Å². The van der Waals surface area contributed by atoms with E-state index in [2.05, 4.69) is 41.5 Å². The molecule has 2 atom stereocenters. The summed E-state index contributed by atoms with van der Waals surface area (Å²) < 4.78 is 34.5. The Labute approximate surface area is 139 Å². The van der Waals surface area contributed by atoms with Crippen molar-refractivity contribution >= 4 is 18.4 Å². The minimum absolute atomic E-state index is 0.0582. The molecule has 22 heavy (non-hydrogen) atoms. The van der Waals surface area contributed by atoms with Gasteiger partial charge in [0, 0.05) is 12.5 Å². The van der Waals surface area contributed by atoms with Gasteiger partial charge in [-0.2, -0.15) is 8.42 Å². The smallest absolute Gasteiger partial charge is 0.264 e. The molecular weight excluding hydrogens is 316 g/mol. The van der Waals surface area contributed by atoms with E-state index in [-0.39, 0.29) is 12.0 Å². The fourth-order valence-electron chi connectivity index (χ4n) is 3.67. The van der Waals surface area contributed by atoms with Crippen LogP contribution >= 0.6 is 0 Å². The summed E-state index contributed by atoms with van der Waals surface area (Å²) in [6.45, 7) is 18.0. The summed E-state index contributed by atoms with van der Waals surface area (Å²) in [5.41, 5.74) is 1.57. The van der Waals surface area contributed by atoms with Crippen LogP contribution in [0.2, 0.25) is 16.6 Å². The van der Waals surface area contributed by atoms with E-state index in [1.54, 1.807) is 0 Å². The molecule has 0 saturated carbocycles. The molecule has 0 aromatic rings. The van der Waals surface area contributed by atoms with Crippen LogP contribution in [0.3, 0.4) is 0 Å². The molecule has 134 valence electrons. The van der Waals surface area contributed by atoms with Crippen LogP contribution in [0.5, 0.6) is 0 Å². The number of hydrogen-bond donors (Lipinski definition) is 0. The quantitative estimate of drug-likeness (QED) is 0.427. The van der Waals surface area contributed by atoms with Crippen LogP contribution in [-0.4, -0.2) is 35.7 Å². The van der Waals surface area contributed by atoms with Gasteiger partial charge in [0.25, 0.3) is 10.1 Å². The standard InChI is InChI=1S/C16H36O4SSi/c1-10-16(20-21(9,17)18)15(8)11-19-22(12(2)3,13(4)5)14(6)7/h12-16H,10-11H2,1-9H3/t15-,16-/m1/s1. The maximum Gasteiger partial charge on any atom is 0.264 e. The second-order valence-electron chi connectivity index (χ2n) is 7.35. The lowest BCUT2D eigenvalue weighted by Crippen LogP contribution is -2.49. The Hall–Kier alpha value is 0.0869. The van der Waals surface area contributed by atoms with E-state index in [1.165, 1.54) is 0 Å². The van der Waals surface area contributed by atoms with Gasteiger partial charge in [0.15, 0.2) is 8.32 Å². The summed E-state index contributed by atoms with van der Waals surface area (Å²) in [5, 5.41) is 0. The zero-order chi connectivity index (χ0) is 17.7. The maximum absolute atomic E-state index is 11.4. The van der Waals surface area contributed by atoms with Gasteiger partial charge in [-0.25, -0.2) is 0 Å². The number of rotatable bonds is 10. The predicted octanol–water partition coefficient (Wildman–Crippen LogP) is 4.57. The molecule has 6 heteroatoms. The molecule has 0 spiro atoms. The Morgan fingerprint density at radius 1 is 0.909 bits per heavy atom. The molecule has 0 aliphatic carbocycles. The Bertz CT molecular complexity index is 396. The molecule has 0 aromatic carbocycles. The van der Waals surface area contributed by atoms with Gasteiger partial charge < -0.3 is 4.43 Å². The molecule has 0 saturated heterocycles. The summed E-state index contributed by atoms with van der Waals surface area (Å²) in [6.07, 6.45) is 1.46. The van der Waals surface area contributed by atoms with Gasteiger partial charge in [-0.1, -0.05) is 55.4 Å². The highest BCUT2D eigenvalue weighted by Crippen LogP contribution is 2.42. The molecule has 0 amide bonds. The minimum atomic E-state index is -3.43. The highest BCUT2D eigenvalue weighted by molar-refractivity contribution is 7.86. The van der Waals surface area contributed by atoms with Crippen LogP contribution < -0.4 is 0 Å². The predicted molar refractivity (Wildman–Crippen MR) is 96.2 cm³/mol. The van der Waals surface area contributed by atoms with Crippen molar-refractivity contribution in [3.63, 3.8) is 0 Å². The maximum atomic E-state index is 11.4. The van der Waals surface area contributed by atoms with Crippen LogP contribution in [-0.2, 0) is 18.7 Å². The normalized spacial score (nSPS) is 16.5. The largest absolute Gasteiger partial charge is 0.416 e. The Morgan fingerprint density at radius 3 is 1.59 bits per heavy atom. The topological polar surface area (TPSA) is 52.6 Å². The third kappa shape index (κ3) is 5.94. The van der Waals surface area contributed by atoms with Crippen LogP contribution in [0, 0.1) is 5.92 Å². The zero-order valence-electron chi connectivity index (χ0n) is 15.8. The third-order valence-electron chi connectivity index (χ3n) is 4.64. The van der Waals surface area contributed by atoms with Crippen molar-refractivity contribution in [3.05, 3.63) is 0 Å². The van der Waals surface area contributed by atoms with Crippen LogP contribution in [0.25, 0.3) is 0 Å². The molecule has 0 bridgehead atoms. The highest BCUT2D eigenvalue weighted by Gasteiger charge is 2.45. The summed E-state index contributed by atoms with van der Waals surface area (Å²) >= 11 is 0. The molecule has 0 N–H and O–H groups in total. The second-order valence-corrected chi connectivity index (χ2v) is 14.4. The average molecular weight is 353 g/mol. The van der Waals surface area contributed by atoms with Gasteiger partial charge in [0.05, 0.1) is 12.4 Å². The summed E-state index contributed by atoms with van der Waals surface area (Å²) in [5.74, 6) is 0.0582. The lowest BCUT2D eigenvalue weighted by atomic mass is 10.0. The van der Waals surface area contributed by atoms with E-state index in [1.807, 2.05) is 13.8 Å². The molecule has 0 fully saturated rings. The molecule has 0 unspecified atom stereocenters. The first-order valence-corrected chi connectivity index (χ1v) is 12.4. The van der Waals surface area contributed by atoms with Gasteiger partial charge in [-0.15, -0.1) is 0 Å². The summed E-state index contributed by atoms with van der Waals surface area (Å²) in [6, 6.07) is 0. The molecular formula is C16H36O4SSi. The van der Waals surface area contributed by atoms with E-state index in [0.29, 0.717) is 29.7 Å². The van der Waals surface area contributed by atoms with Crippen molar-refractivity contribution in [2.24, 2.45) is 5.92 Å². The van der Waals surface area contributed by atoms with E-state index in [9.17, 15) is 8.42 Å². The highest BCUT2D eigenvalue weighted by atomic mass is 32.2. The molecule has 0 radical (unpaired) electrons. The fourth-order valence-corrected chi connectivity index (χ4v) is 10.00. The van der Waals surface area contributed by atoms with Gasteiger partial charge in [-0.05, 0) is 23.0 Å². The molecule has 0 heterocycles. The van der Waals surface area contributed by atoms with Crippen LogP contribution in [0.15, 0.2) is 0 Å². The molecule has 0 aliphatic rings. The van der Waals surface area contributed by atoms with Crippen molar-refractivity contribution in [1.29, 1.82) is 0 Å². The van der Waals surface area contributed by atoms with Gasteiger partial charge in [0.2, 0.25) is 0 Å². The monoisotopic (exact) mass is 352 g/mol. The first-order chi connectivity index (χ1) is 9.88. The molecule has 0 rings (SSSR count). The van der Waals surface area contributed by atoms with Gasteiger partial charge >= 0.3 is 0 Å². The van der Waals surface area contributed by atoms with Crippen molar-refractivity contribution in [2.75, 3.05) is 12.9 Å². The average Bonchev–Trinajstić information content (AvgIpc) is 2.33. The van der Waals surface area contributed by atoms with E-state index in [0.717, 1.165) is 6.26 Å². The molecule has 0 aliphatic heterocycles. The summed E-state index contributed by atoms with van der Waals surface area (Å²) in [7, 11) is -5.34. The summed E-state index contributed by atoms with van der Waals surface area (Å²) in [4.78, 5) is 0. The second kappa shape index (κ2) is 8.80. The molecule has 0 aromatic heterocycles. The van der Waals surface area contributed by atoms with E-state index >= 15 is 0 Å². The lowest BCUT2D eigenvalue weighted by Gasteiger charge is -2.43. The fraction of sp³-hybridized carbons (Fsp3) is 1.00. The van der Waals surface area contributed by atoms with Crippen molar-refractivity contribution in [2.45, 2.75) is 84.5 Å². The molecule has 4 nitrogen and oxygen atoms in total. The third-order valence-corrected chi connectivity index (χ3v) is 11.3. The lowest BCUT2D eigenvalue weighted by molar-refractivity contribution is 0.101. The first kappa shape index (κ1) is 22.1. The van der Waals surface area contributed by atoms with Gasteiger partial charge in [-0.3, -0.25) is 4.18 Å². The first-order valence-electron chi connectivity index (χ1n) is 8.40. The Kier molecular flexibility index (Phi) is 8.84. The van der Waals surface area contributed by atoms with Crippen molar-refractivity contribution in [1.82, 2.24) is 0 Å². The SMILES string of the molecule is CC[C@@H](OS(C)(=O)=O)[C@H](C)CO[Si](C(C)C)(C(C)C)C(C)C. The van der Waals surface area contributed by atoms with Crippen LogP contribution in [0.1, 0.15) is 61.8 Å². The van der Waals surface area contributed by atoms with Crippen LogP contribution in [0.4, 0.5) is 0 Å². The van der Waals surface area contributed by atoms with Crippen molar-refractivity contribution in [3.8, 4) is 0 Å². The van der Waals surface area contributed by atoms with Crippen molar-refractivity contribution < 1.29 is 17.0 Å². The minimum Gasteiger partial charge on any atom is -0.416 e. The Balaban J connectivity index is 5.05. The number of hydrogen-bond acceptors (Lipinski definition) is 4. The zero-order valence-corrected chi connectivity index (χ0v) is 17.7.